The molecular weight excluding hydrogens is 522 g/mol. The van der Waals surface area contributed by atoms with Crippen LogP contribution in [0.25, 0.3) is 10.8 Å². The van der Waals surface area contributed by atoms with E-state index >= 15 is 0 Å². The Morgan fingerprint density at radius 1 is 0.850 bits per heavy atom. The molecule has 0 aromatic heterocycles. The zero-order valence-electron chi connectivity index (χ0n) is 23.1. The van der Waals surface area contributed by atoms with Crippen molar-refractivity contribution >= 4 is 38.3 Å². The molecule has 0 saturated carbocycles. The lowest BCUT2D eigenvalue weighted by molar-refractivity contribution is -0.117. The fraction of sp³-hybridized carbons (Fsp3) is 0.273. The van der Waals surface area contributed by atoms with Crippen LogP contribution in [0.15, 0.2) is 91.0 Å². The summed E-state index contributed by atoms with van der Waals surface area (Å²) in [5.41, 5.74) is 4.16. The Kier molecular flexibility index (Phi) is 8.86. The quantitative estimate of drug-likeness (QED) is 0.162. The lowest BCUT2D eigenvalue weighted by Crippen LogP contribution is -2.23. The highest BCUT2D eigenvalue weighted by Gasteiger charge is 2.23. The number of rotatable bonds is 10. The summed E-state index contributed by atoms with van der Waals surface area (Å²) in [4.78, 5) is 26.1. The Labute approximate surface area is 236 Å². The van der Waals surface area contributed by atoms with Crippen LogP contribution in [0.1, 0.15) is 66.6 Å². The number of fused-ring (bicyclic) bond motifs is 1. The van der Waals surface area contributed by atoms with E-state index in [1.807, 2.05) is 66.7 Å². The summed E-state index contributed by atoms with van der Waals surface area (Å²) < 4.78 is 30.7. The molecule has 0 fully saturated rings. The van der Waals surface area contributed by atoms with Gasteiger partial charge in [-0.25, -0.2) is 0 Å². The van der Waals surface area contributed by atoms with Crippen LogP contribution >= 0.6 is 0 Å². The average Bonchev–Trinajstić information content (AvgIpc) is 2.91. The second-order valence-corrected chi connectivity index (χ2v) is 12.8. The van der Waals surface area contributed by atoms with Gasteiger partial charge in [-0.15, -0.1) is 0 Å². The van der Waals surface area contributed by atoms with Gasteiger partial charge in [-0.1, -0.05) is 99.6 Å². The molecule has 0 spiro atoms. The van der Waals surface area contributed by atoms with E-state index in [9.17, 15) is 18.0 Å². The second-order valence-electron chi connectivity index (χ2n) is 11.2. The van der Waals surface area contributed by atoms with Crippen molar-refractivity contribution in [1.82, 2.24) is 0 Å². The number of hydrogen-bond donors (Lipinski definition) is 2. The summed E-state index contributed by atoms with van der Waals surface area (Å²) in [6, 6.07) is 29.1. The van der Waals surface area contributed by atoms with Crippen LogP contribution in [-0.4, -0.2) is 30.4 Å². The van der Waals surface area contributed by atoms with Gasteiger partial charge in [0.2, 0.25) is 5.91 Å². The molecule has 0 saturated heterocycles. The summed E-state index contributed by atoms with van der Waals surface area (Å²) in [5.74, 6) is -1.22. The average molecular weight is 558 g/mol. The van der Waals surface area contributed by atoms with Crippen LogP contribution in [0.3, 0.4) is 0 Å². The van der Waals surface area contributed by atoms with E-state index in [0.29, 0.717) is 12.0 Å². The first-order chi connectivity index (χ1) is 18.9. The van der Waals surface area contributed by atoms with E-state index in [4.69, 9.17) is 4.55 Å². The van der Waals surface area contributed by atoms with Gasteiger partial charge in [0.05, 0.1) is 11.7 Å². The summed E-state index contributed by atoms with van der Waals surface area (Å²) >= 11 is 0. The first-order valence-corrected chi connectivity index (χ1v) is 15.0. The molecule has 0 aliphatic carbocycles. The lowest BCUT2D eigenvalue weighted by Gasteiger charge is -2.22. The van der Waals surface area contributed by atoms with Gasteiger partial charge in [0.1, 0.15) is 0 Å². The number of benzene rings is 4. The zero-order valence-corrected chi connectivity index (χ0v) is 23.9. The Hall–Kier alpha value is -3.81. The topological polar surface area (TPSA) is 101 Å². The third-order valence-corrected chi connectivity index (χ3v) is 7.84. The molecule has 4 aromatic rings. The predicted octanol–water partition coefficient (Wildman–Crippen LogP) is 6.95. The summed E-state index contributed by atoms with van der Waals surface area (Å²) in [5, 5.41) is 5.24. The molecule has 0 bridgehead atoms. The molecule has 0 radical (unpaired) electrons. The number of carbonyl (C=O) groups excluding carboxylic acids is 2. The molecule has 1 unspecified atom stereocenters. The van der Waals surface area contributed by atoms with Crippen LogP contribution in [0, 0.1) is 0 Å². The lowest BCUT2D eigenvalue weighted by atomic mass is 9.84. The molecule has 0 aliphatic rings. The fourth-order valence-corrected chi connectivity index (χ4v) is 5.20. The Balaban J connectivity index is 1.55. The highest BCUT2D eigenvalue weighted by molar-refractivity contribution is 7.85. The molecular formula is C33H35NO5S. The van der Waals surface area contributed by atoms with Gasteiger partial charge in [0.15, 0.2) is 5.78 Å². The monoisotopic (exact) mass is 557 g/mol. The van der Waals surface area contributed by atoms with Gasteiger partial charge in [0, 0.05) is 17.7 Å². The van der Waals surface area contributed by atoms with E-state index < -0.39 is 21.8 Å². The van der Waals surface area contributed by atoms with Gasteiger partial charge in [0.25, 0.3) is 10.1 Å². The van der Waals surface area contributed by atoms with Crippen molar-refractivity contribution in [3.63, 3.8) is 0 Å². The maximum atomic E-state index is 13.7. The van der Waals surface area contributed by atoms with Crippen molar-refractivity contribution < 1.29 is 22.6 Å². The number of anilines is 1. The number of carbonyl (C=O) groups is 2. The largest absolute Gasteiger partial charge is 0.326 e. The first-order valence-electron chi connectivity index (χ1n) is 13.4. The van der Waals surface area contributed by atoms with E-state index in [1.165, 1.54) is 5.56 Å². The number of Topliss-reactive ketones (excluding diaryl/α,β-unsaturated/α-hetero) is 1. The van der Waals surface area contributed by atoms with E-state index in [2.05, 4.69) is 38.2 Å². The molecule has 0 heterocycles. The van der Waals surface area contributed by atoms with Crippen LogP contribution < -0.4 is 5.32 Å². The SMILES string of the molecule is CC(C)(C)c1ccc(C(Cc2ccc(C(=O)CCCS(=O)(=O)O)cc2)C(=O)Nc2ccc3ccccc3c2)cc1. The van der Waals surface area contributed by atoms with Crippen molar-refractivity contribution in [3.8, 4) is 0 Å². The molecule has 0 aliphatic heterocycles. The van der Waals surface area contributed by atoms with Crippen molar-refractivity contribution in [2.75, 3.05) is 11.1 Å². The summed E-state index contributed by atoms with van der Waals surface area (Å²) in [6.07, 6.45) is 0.516. The van der Waals surface area contributed by atoms with Gasteiger partial charge < -0.3 is 5.32 Å². The van der Waals surface area contributed by atoms with Crippen molar-refractivity contribution in [2.45, 2.75) is 51.4 Å². The van der Waals surface area contributed by atoms with Crippen molar-refractivity contribution in [1.29, 1.82) is 0 Å². The van der Waals surface area contributed by atoms with Crippen LogP contribution in [-0.2, 0) is 26.7 Å². The highest BCUT2D eigenvalue weighted by Crippen LogP contribution is 2.28. The third-order valence-electron chi connectivity index (χ3n) is 7.03. The van der Waals surface area contributed by atoms with Crippen LogP contribution in [0.4, 0.5) is 5.69 Å². The molecule has 6 nitrogen and oxygen atoms in total. The maximum absolute atomic E-state index is 13.7. The molecule has 7 heteroatoms. The van der Waals surface area contributed by atoms with Gasteiger partial charge in [-0.2, -0.15) is 8.42 Å². The number of ketones is 1. The third kappa shape index (κ3) is 7.87. The molecule has 1 amide bonds. The minimum Gasteiger partial charge on any atom is -0.326 e. The smallest absolute Gasteiger partial charge is 0.264 e. The van der Waals surface area contributed by atoms with Crippen LogP contribution in [0.5, 0.6) is 0 Å². The molecule has 40 heavy (non-hydrogen) atoms. The van der Waals surface area contributed by atoms with E-state index in [1.54, 1.807) is 12.1 Å². The summed E-state index contributed by atoms with van der Waals surface area (Å²) in [6.45, 7) is 6.45. The molecule has 2 N–H and O–H groups in total. The molecule has 4 rings (SSSR count). The number of amides is 1. The van der Waals surface area contributed by atoms with Crippen LogP contribution in [0.2, 0.25) is 0 Å². The normalized spacial score (nSPS) is 12.7. The standard InChI is InChI=1S/C33H35NO5S/c1-33(2,3)28-17-14-25(15-18-28)30(32(36)34-29-19-16-24-7-4-5-8-27(24)22-29)21-23-10-12-26(13-11-23)31(35)9-6-20-40(37,38)39/h4-5,7-8,10-19,22,30H,6,9,20-21H2,1-3H3,(H,34,36)(H,37,38,39). The Bertz CT molecular complexity index is 1600. The van der Waals surface area contributed by atoms with E-state index in [-0.39, 0.29) is 29.9 Å². The molecule has 208 valence electrons. The minimum atomic E-state index is -4.09. The Morgan fingerprint density at radius 3 is 2.12 bits per heavy atom. The first kappa shape index (κ1) is 29.2. The predicted molar refractivity (Wildman–Crippen MR) is 161 cm³/mol. The van der Waals surface area contributed by atoms with Crippen molar-refractivity contribution in [3.05, 3.63) is 113 Å². The second kappa shape index (κ2) is 12.1. The van der Waals surface area contributed by atoms with Crippen molar-refractivity contribution in [2.24, 2.45) is 0 Å². The fourth-order valence-electron chi connectivity index (χ4n) is 4.70. The zero-order chi connectivity index (χ0) is 28.9. The van der Waals surface area contributed by atoms with E-state index in [0.717, 1.165) is 27.6 Å². The Morgan fingerprint density at radius 2 is 1.50 bits per heavy atom. The van der Waals surface area contributed by atoms with Gasteiger partial charge in [-0.3, -0.25) is 14.1 Å². The van der Waals surface area contributed by atoms with Gasteiger partial charge >= 0.3 is 0 Å². The highest BCUT2D eigenvalue weighted by atomic mass is 32.2. The molecule has 1 atom stereocenters. The number of hydrogen-bond acceptors (Lipinski definition) is 4. The summed E-state index contributed by atoms with van der Waals surface area (Å²) in [7, 11) is -4.09. The van der Waals surface area contributed by atoms with Gasteiger partial charge in [-0.05, 0) is 57.9 Å². The number of nitrogens with one attached hydrogen (secondary N) is 1. The molecule has 4 aromatic carbocycles. The minimum absolute atomic E-state index is 0.00882. The maximum Gasteiger partial charge on any atom is 0.264 e.